The first kappa shape index (κ1) is 28.5. The molecule has 0 saturated heterocycles. The number of aliphatic hydroxyl groups is 1. The Morgan fingerprint density at radius 2 is 1.77 bits per heavy atom. The Morgan fingerprint density at radius 1 is 1.03 bits per heavy atom. The van der Waals surface area contributed by atoms with Gasteiger partial charge in [0.15, 0.2) is 5.78 Å². The summed E-state index contributed by atoms with van der Waals surface area (Å²) in [7, 11) is 0. The lowest BCUT2D eigenvalue weighted by molar-refractivity contribution is -0.129. The zero-order valence-corrected chi connectivity index (χ0v) is 19.8. The van der Waals surface area contributed by atoms with Crippen LogP contribution in [0.1, 0.15) is 43.2 Å². The monoisotopic (exact) mass is 491 g/mol. The molecule has 3 atom stereocenters. The maximum atomic E-state index is 13.7. The molecule has 0 saturated carbocycles. The van der Waals surface area contributed by atoms with Crippen molar-refractivity contribution < 1.29 is 28.2 Å². The predicted octanol–water partition coefficient (Wildman–Crippen LogP) is 2.38. The van der Waals surface area contributed by atoms with Crippen molar-refractivity contribution in [3.05, 3.63) is 71.3 Å². The Bertz CT molecular complexity index is 930. The number of aliphatic hydroxyl groups excluding tert-OH is 1. The Labute approximate surface area is 204 Å². The highest BCUT2D eigenvalue weighted by Crippen LogP contribution is 2.12. The third-order valence-electron chi connectivity index (χ3n) is 5.52. The zero-order valence-electron chi connectivity index (χ0n) is 19.8. The smallest absolute Gasteiger partial charge is 0.221 e. The summed E-state index contributed by atoms with van der Waals surface area (Å²) >= 11 is 0. The van der Waals surface area contributed by atoms with E-state index in [9.17, 15) is 23.5 Å². The van der Waals surface area contributed by atoms with E-state index in [0.717, 1.165) is 23.8 Å². The fourth-order valence-electron chi connectivity index (χ4n) is 3.56. The van der Waals surface area contributed by atoms with Gasteiger partial charge in [0.1, 0.15) is 17.7 Å². The number of benzene rings is 2. The first-order valence-corrected chi connectivity index (χ1v) is 11.8. The molecule has 0 aliphatic carbocycles. The lowest BCUT2D eigenvalue weighted by atomic mass is 10.0. The number of carbonyl (C=O) groups is 2. The van der Waals surface area contributed by atoms with Crippen LogP contribution in [-0.2, 0) is 27.4 Å². The first-order chi connectivity index (χ1) is 16.8. The molecule has 0 radical (unpaired) electrons. The van der Waals surface area contributed by atoms with Crippen molar-refractivity contribution in [1.82, 2.24) is 5.32 Å². The van der Waals surface area contributed by atoms with Gasteiger partial charge in [0.2, 0.25) is 5.91 Å². The summed E-state index contributed by atoms with van der Waals surface area (Å²) < 4.78 is 32.4. The highest BCUT2D eigenvalue weighted by atomic mass is 19.1. The van der Waals surface area contributed by atoms with Crippen LogP contribution in [-0.4, -0.2) is 48.1 Å². The zero-order chi connectivity index (χ0) is 25.6. The van der Waals surface area contributed by atoms with Crippen molar-refractivity contribution in [3.63, 3.8) is 0 Å². The van der Waals surface area contributed by atoms with Crippen molar-refractivity contribution in [2.75, 3.05) is 13.2 Å². The first-order valence-electron chi connectivity index (χ1n) is 11.8. The molecule has 2 aromatic carbocycles. The number of ether oxygens (including phenoxy) is 1. The van der Waals surface area contributed by atoms with E-state index in [4.69, 9.17) is 16.2 Å². The minimum absolute atomic E-state index is 0.00906. The fourth-order valence-corrected chi connectivity index (χ4v) is 3.56. The van der Waals surface area contributed by atoms with Crippen LogP contribution in [0.5, 0.6) is 0 Å². The average Bonchev–Trinajstić information content (AvgIpc) is 2.83. The van der Waals surface area contributed by atoms with Crippen molar-refractivity contribution in [1.29, 1.82) is 0 Å². The van der Waals surface area contributed by atoms with Gasteiger partial charge in [-0.05, 0) is 48.6 Å². The van der Waals surface area contributed by atoms with Gasteiger partial charge in [0.25, 0.3) is 0 Å². The Morgan fingerprint density at radius 3 is 2.51 bits per heavy atom. The van der Waals surface area contributed by atoms with Crippen molar-refractivity contribution >= 4 is 11.7 Å². The average molecular weight is 492 g/mol. The quantitative estimate of drug-likeness (QED) is 0.267. The van der Waals surface area contributed by atoms with Crippen LogP contribution in [0.15, 0.2) is 48.5 Å². The summed E-state index contributed by atoms with van der Waals surface area (Å²) in [6.45, 7) is 0.832. The normalized spacial score (nSPS) is 13.7. The van der Waals surface area contributed by atoms with Crippen LogP contribution in [0.4, 0.5) is 8.78 Å². The van der Waals surface area contributed by atoms with E-state index in [1.807, 2.05) is 30.3 Å². The topological polar surface area (TPSA) is 128 Å². The molecule has 2 aromatic rings. The lowest BCUT2D eigenvalue weighted by Gasteiger charge is -2.18. The summed E-state index contributed by atoms with van der Waals surface area (Å²) in [4.78, 5) is 24.2. The summed E-state index contributed by atoms with van der Waals surface area (Å²) in [5.74, 6) is -1.72. The molecule has 0 fully saturated rings. The van der Waals surface area contributed by atoms with E-state index in [-0.39, 0.29) is 43.1 Å². The van der Waals surface area contributed by atoms with Crippen molar-refractivity contribution in [2.24, 2.45) is 11.5 Å². The van der Waals surface area contributed by atoms with Crippen LogP contribution in [0, 0.1) is 11.6 Å². The van der Waals surface area contributed by atoms with E-state index >= 15 is 0 Å². The molecule has 3 unspecified atom stereocenters. The number of Topliss-reactive ketones (excluding diaryl/α,β-unsaturated/α-hetero) is 1. The highest BCUT2D eigenvalue weighted by molar-refractivity contribution is 5.83. The number of halogens is 2. The van der Waals surface area contributed by atoms with Crippen LogP contribution < -0.4 is 16.8 Å². The molecule has 0 spiro atoms. The molecule has 0 bridgehead atoms. The molecule has 9 heteroatoms. The number of nitrogens with two attached hydrogens (primary N) is 2. The van der Waals surface area contributed by atoms with Gasteiger partial charge in [-0.15, -0.1) is 0 Å². The van der Waals surface area contributed by atoms with E-state index in [0.29, 0.717) is 32.4 Å². The molecule has 2 rings (SSSR count). The van der Waals surface area contributed by atoms with Gasteiger partial charge in [-0.1, -0.05) is 36.8 Å². The molecule has 1 amide bonds. The van der Waals surface area contributed by atoms with Crippen LogP contribution >= 0.6 is 0 Å². The Hall–Kier alpha value is -2.72. The number of unbranched alkanes of at least 4 members (excludes halogenated alkanes) is 2. The summed E-state index contributed by atoms with van der Waals surface area (Å²) in [5.41, 5.74) is 12.9. The van der Waals surface area contributed by atoms with Gasteiger partial charge in [0.05, 0.1) is 19.3 Å². The molecule has 0 aliphatic rings. The standard InChI is InChI=1S/C26H35F2N3O4/c27-20-10-11-22(28)19(13-20)14-21(29)15-25(33)31-12-6-2-5-9-24(32)26(34)23(30)17-35-16-18-7-3-1-4-8-18/h1,3-4,7-8,10-11,13,21,23,26,34H,2,5-6,9,12,14-17,29-30H2,(H,31,33). The van der Waals surface area contributed by atoms with Gasteiger partial charge in [-0.3, -0.25) is 9.59 Å². The molecule has 6 N–H and O–H groups in total. The minimum atomic E-state index is -1.28. The van der Waals surface area contributed by atoms with Gasteiger partial charge in [0, 0.05) is 25.4 Å². The number of hydrogen-bond acceptors (Lipinski definition) is 6. The summed E-state index contributed by atoms with van der Waals surface area (Å²) in [5, 5.41) is 12.8. The number of amides is 1. The molecule has 7 nitrogen and oxygen atoms in total. The molecule has 192 valence electrons. The number of nitrogens with one attached hydrogen (secondary N) is 1. The van der Waals surface area contributed by atoms with Gasteiger partial charge < -0.3 is 26.6 Å². The van der Waals surface area contributed by atoms with E-state index < -0.39 is 29.8 Å². The Kier molecular flexibility index (Phi) is 12.5. The fraction of sp³-hybridized carbons (Fsp3) is 0.462. The summed E-state index contributed by atoms with van der Waals surface area (Å²) in [6, 6.07) is 11.2. The summed E-state index contributed by atoms with van der Waals surface area (Å²) in [6.07, 6.45) is 0.836. The van der Waals surface area contributed by atoms with Gasteiger partial charge >= 0.3 is 0 Å². The molecular weight excluding hydrogens is 456 g/mol. The van der Waals surface area contributed by atoms with Crippen LogP contribution in [0.2, 0.25) is 0 Å². The number of carbonyl (C=O) groups excluding carboxylic acids is 2. The van der Waals surface area contributed by atoms with E-state index in [2.05, 4.69) is 5.32 Å². The van der Waals surface area contributed by atoms with Crippen LogP contribution in [0.3, 0.4) is 0 Å². The number of rotatable bonds is 16. The van der Waals surface area contributed by atoms with E-state index in [1.54, 1.807) is 0 Å². The minimum Gasteiger partial charge on any atom is -0.384 e. The lowest BCUT2D eigenvalue weighted by Crippen LogP contribution is -2.43. The van der Waals surface area contributed by atoms with Crippen LogP contribution in [0.25, 0.3) is 0 Å². The van der Waals surface area contributed by atoms with Crippen molar-refractivity contribution in [3.8, 4) is 0 Å². The SMILES string of the molecule is NC(CC(=O)NCCCCCC(=O)C(O)C(N)COCc1ccccc1)Cc1cc(F)ccc1F. The maximum absolute atomic E-state index is 13.7. The van der Waals surface area contributed by atoms with E-state index in [1.165, 1.54) is 0 Å². The highest BCUT2D eigenvalue weighted by Gasteiger charge is 2.22. The predicted molar refractivity (Wildman–Crippen MR) is 129 cm³/mol. The molecule has 0 heterocycles. The molecular formula is C26H35F2N3O4. The van der Waals surface area contributed by atoms with Gasteiger partial charge in [-0.25, -0.2) is 8.78 Å². The molecule has 0 aliphatic heterocycles. The second kappa shape index (κ2) is 15.3. The third kappa shape index (κ3) is 11.0. The Balaban J connectivity index is 1.53. The third-order valence-corrected chi connectivity index (χ3v) is 5.52. The maximum Gasteiger partial charge on any atom is 0.221 e. The van der Waals surface area contributed by atoms with Gasteiger partial charge in [-0.2, -0.15) is 0 Å². The molecule has 0 aromatic heterocycles. The number of ketones is 1. The largest absolute Gasteiger partial charge is 0.384 e. The second-order valence-electron chi connectivity index (χ2n) is 8.64. The second-order valence-corrected chi connectivity index (χ2v) is 8.64. The van der Waals surface area contributed by atoms with Crippen molar-refractivity contribution in [2.45, 2.75) is 63.3 Å². The molecule has 35 heavy (non-hydrogen) atoms. The number of hydrogen-bond donors (Lipinski definition) is 4.